The number of carbonyl (C=O) groups excluding carboxylic acids is 2. The molecular weight excluding hydrogens is 258 g/mol. The quantitative estimate of drug-likeness (QED) is 0.636. The molecule has 1 aliphatic heterocycles. The van der Waals surface area contributed by atoms with E-state index in [4.69, 9.17) is 0 Å². The van der Waals surface area contributed by atoms with Gasteiger partial charge in [-0.05, 0) is 25.7 Å². The molecule has 1 heterocycles. The van der Waals surface area contributed by atoms with E-state index in [-0.39, 0.29) is 18.4 Å². The molecule has 2 aliphatic rings. The molecule has 1 N–H and O–H groups in total. The normalized spacial score (nSPS) is 24.1. The van der Waals surface area contributed by atoms with Crippen LogP contribution in [0.4, 0.5) is 0 Å². The van der Waals surface area contributed by atoms with E-state index >= 15 is 0 Å². The number of carboxylic acids is 1. The van der Waals surface area contributed by atoms with E-state index in [1.54, 1.807) is 0 Å². The Labute approximate surface area is 119 Å². The van der Waals surface area contributed by atoms with Crippen LogP contribution in [0.25, 0.3) is 0 Å². The van der Waals surface area contributed by atoms with E-state index in [0.29, 0.717) is 25.7 Å². The molecule has 0 unspecified atom stereocenters. The topological polar surface area (TPSA) is 74.7 Å². The first kappa shape index (κ1) is 15.0. The van der Waals surface area contributed by atoms with Crippen molar-refractivity contribution < 1.29 is 19.5 Å². The smallest absolute Gasteiger partial charge is 0.311 e. The Morgan fingerprint density at radius 3 is 1.90 bits per heavy atom. The molecule has 0 spiro atoms. The predicted molar refractivity (Wildman–Crippen MR) is 73.0 cm³/mol. The van der Waals surface area contributed by atoms with Gasteiger partial charge in [-0.2, -0.15) is 0 Å². The number of hydrogen-bond acceptors (Lipinski definition) is 3. The van der Waals surface area contributed by atoms with Gasteiger partial charge in [-0.25, -0.2) is 0 Å². The summed E-state index contributed by atoms with van der Waals surface area (Å²) in [6.45, 7) is 0.0694. The highest BCUT2D eigenvalue weighted by Crippen LogP contribution is 2.37. The Balaban J connectivity index is 2.19. The molecule has 0 radical (unpaired) electrons. The fourth-order valence-corrected chi connectivity index (χ4v) is 3.29. The van der Waals surface area contributed by atoms with Gasteiger partial charge in [-0.15, -0.1) is 0 Å². The lowest BCUT2D eigenvalue weighted by Gasteiger charge is -2.33. The Kier molecular flexibility index (Phi) is 4.78. The van der Waals surface area contributed by atoms with Crippen molar-refractivity contribution in [2.45, 2.75) is 64.2 Å². The van der Waals surface area contributed by atoms with Crippen molar-refractivity contribution >= 4 is 17.8 Å². The van der Waals surface area contributed by atoms with Crippen LogP contribution in [0.1, 0.15) is 64.2 Å². The second-order valence-corrected chi connectivity index (χ2v) is 6.08. The summed E-state index contributed by atoms with van der Waals surface area (Å²) in [6.07, 6.45) is 7.11. The van der Waals surface area contributed by atoms with Crippen molar-refractivity contribution in [1.29, 1.82) is 0 Å². The van der Waals surface area contributed by atoms with Crippen molar-refractivity contribution in [3.8, 4) is 0 Å². The van der Waals surface area contributed by atoms with Gasteiger partial charge in [0.25, 0.3) is 0 Å². The van der Waals surface area contributed by atoms with E-state index in [9.17, 15) is 19.5 Å². The van der Waals surface area contributed by atoms with Crippen LogP contribution in [0, 0.1) is 5.41 Å². The second kappa shape index (κ2) is 6.37. The maximum Gasteiger partial charge on any atom is 0.311 e. The van der Waals surface area contributed by atoms with Gasteiger partial charge in [-0.1, -0.05) is 25.7 Å². The molecular formula is C15H23NO4. The predicted octanol–water partition coefficient (Wildman–Crippen LogP) is 2.34. The highest BCUT2D eigenvalue weighted by atomic mass is 16.4. The van der Waals surface area contributed by atoms with Crippen molar-refractivity contribution in [2.24, 2.45) is 5.41 Å². The van der Waals surface area contributed by atoms with Crippen LogP contribution < -0.4 is 0 Å². The SMILES string of the molecule is O=C1CCCCC(=O)N1CC1(C(=O)O)CCCCCC1. The Hall–Kier alpha value is -1.39. The Morgan fingerprint density at radius 2 is 1.45 bits per heavy atom. The van der Waals surface area contributed by atoms with Crippen molar-refractivity contribution in [3.05, 3.63) is 0 Å². The molecule has 2 rings (SSSR count). The van der Waals surface area contributed by atoms with Crippen molar-refractivity contribution in [2.75, 3.05) is 6.54 Å². The Morgan fingerprint density at radius 1 is 0.950 bits per heavy atom. The molecule has 1 aliphatic carbocycles. The fraction of sp³-hybridized carbons (Fsp3) is 0.800. The van der Waals surface area contributed by atoms with Crippen LogP contribution in [0.3, 0.4) is 0 Å². The standard InChI is InChI=1S/C15H23NO4/c17-12-7-3-4-8-13(18)16(12)11-15(14(19)20)9-5-1-2-6-10-15/h1-11H2,(H,19,20). The summed E-state index contributed by atoms with van der Waals surface area (Å²) in [5, 5.41) is 9.64. The van der Waals surface area contributed by atoms with Gasteiger partial charge in [-0.3, -0.25) is 19.3 Å². The molecule has 0 aromatic carbocycles. The maximum absolute atomic E-state index is 12.1. The van der Waals surface area contributed by atoms with E-state index in [1.165, 1.54) is 4.90 Å². The third kappa shape index (κ3) is 3.19. The lowest BCUT2D eigenvalue weighted by Crippen LogP contribution is -2.47. The molecule has 5 nitrogen and oxygen atoms in total. The van der Waals surface area contributed by atoms with Crippen LogP contribution in [0.15, 0.2) is 0 Å². The zero-order valence-electron chi connectivity index (χ0n) is 11.9. The van der Waals surface area contributed by atoms with E-state index in [2.05, 4.69) is 0 Å². The summed E-state index contributed by atoms with van der Waals surface area (Å²) < 4.78 is 0. The number of amides is 2. The number of imide groups is 1. The fourth-order valence-electron chi connectivity index (χ4n) is 3.29. The molecule has 2 amide bonds. The van der Waals surface area contributed by atoms with Crippen LogP contribution in [0.2, 0.25) is 0 Å². The average molecular weight is 281 g/mol. The first-order chi connectivity index (χ1) is 9.55. The number of nitrogens with zero attached hydrogens (tertiary/aromatic N) is 1. The molecule has 112 valence electrons. The van der Waals surface area contributed by atoms with E-state index in [0.717, 1.165) is 38.5 Å². The largest absolute Gasteiger partial charge is 0.481 e. The summed E-state index contributed by atoms with van der Waals surface area (Å²) in [4.78, 5) is 37.1. The molecule has 1 saturated carbocycles. The maximum atomic E-state index is 12.1. The van der Waals surface area contributed by atoms with Crippen LogP contribution >= 0.6 is 0 Å². The zero-order valence-corrected chi connectivity index (χ0v) is 11.9. The minimum atomic E-state index is -0.924. The number of rotatable bonds is 3. The summed E-state index contributed by atoms with van der Waals surface area (Å²) in [5.41, 5.74) is -0.924. The third-order valence-electron chi connectivity index (χ3n) is 4.61. The molecule has 20 heavy (non-hydrogen) atoms. The lowest BCUT2D eigenvalue weighted by atomic mass is 9.79. The van der Waals surface area contributed by atoms with Gasteiger partial charge in [0.05, 0.1) is 5.41 Å². The monoisotopic (exact) mass is 281 g/mol. The van der Waals surface area contributed by atoms with Crippen molar-refractivity contribution in [3.63, 3.8) is 0 Å². The molecule has 0 aromatic rings. The number of carbonyl (C=O) groups is 3. The highest BCUT2D eigenvalue weighted by molar-refractivity contribution is 5.96. The van der Waals surface area contributed by atoms with Crippen LogP contribution in [-0.4, -0.2) is 34.3 Å². The van der Waals surface area contributed by atoms with Gasteiger partial charge in [0, 0.05) is 19.4 Å². The molecule has 1 saturated heterocycles. The summed E-state index contributed by atoms with van der Waals surface area (Å²) in [5.74, 6) is -1.25. The summed E-state index contributed by atoms with van der Waals surface area (Å²) >= 11 is 0. The average Bonchev–Trinajstić information content (AvgIpc) is 2.73. The summed E-state index contributed by atoms with van der Waals surface area (Å²) in [6, 6.07) is 0. The zero-order chi connectivity index (χ0) is 14.6. The third-order valence-corrected chi connectivity index (χ3v) is 4.61. The molecule has 0 atom stereocenters. The van der Waals surface area contributed by atoms with Gasteiger partial charge in [0.2, 0.25) is 11.8 Å². The molecule has 2 fully saturated rings. The summed E-state index contributed by atoms with van der Waals surface area (Å²) in [7, 11) is 0. The second-order valence-electron chi connectivity index (χ2n) is 6.08. The number of aliphatic carboxylic acids is 1. The van der Waals surface area contributed by atoms with Gasteiger partial charge >= 0.3 is 5.97 Å². The van der Waals surface area contributed by atoms with Crippen LogP contribution in [-0.2, 0) is 14.4 Å². The van der Waals surface area contributed by atoms with E-state index < -0.39 is 11.4 Å². The first-order valence-corrected chi connectivity index (χ1v) is 7.62. The number of likely N-dealkylation sites (tertiary alicyclic amines) is 1. The molecule has 0 aromatic heterocycles. The minimum Gasteiger partial charge on any atom is -0.481 e. The number of carboxylic acid groups (broad SMARTS) is 1. The van der Waals surface area contributed by atoms with Crippen molar-refractivity contribution in [1.82, 2.24) is 4.90 Å². The van der Waals surface area contributed by atoms with E-state index in [1.807, 2.05) is 0 Å². The van der Waals surface area contributed by atoms with Crippen LogP contribution in [0.5, 0.6) is 0 Å². The Bertz CT molecular complexity index is 379. The minimum absolute atomic E-state index is 0.0694. The lowest BCUT2D eigenvalue weighted by molar-refractivity contribution is -0.155. The highest BCUT2D eigenvalue weighted by Gasteiger charge is 2.42. The van der Waals surface area contributed by atoms with Gasteiger partial charge in [0.1, 0.15) is 0 Å². The number of hydrogen-bond donors (Lipinski definition) is 1. The van der Waals surface area contributed by atoms with Gasteiger partial charge in [0.15, 0.2) is 0 Å². The first-order valence-electron chi connectivity index (χ1n) is 7.62. The van der Waals surface area contributed by atoms with Gasteiger partial charge < -0.3 is 5.11 Å². The molecule has 0 bridgehead atoms. The molecule has 5 heteroatoms.